The maximum atomic E-state index is 13.1. The van der Waals surface area contributed by atoms with Crippen molar-refractivity contribution >= 4 is 33.6 Å². The number of halogens is 1. The highest BCUT2D eigenvalue weighted by Gasteiger charge is 2.45. The fraction of sp³-hybridized carbons (Fsp3) is 0.625. The lowest BCUT2D eigenvalue weighted by molar-refractivity contribution is -0.130. The first-order chi connectivity index (χ1) is 15.9. The third-order valence-corrected chi connectivity index (χ3v) is 6.38. The Bertz CT molecular complexity index is 901. The molecule has 1 aromatic carbocycles. The highest BCUT2D eigenvalue weighted by molar-refractivity contribution is 9.10. The minimum Gasteiger partial charge on any atom is -0.444 e. The van der Waals surface area contributed by atoms with Crippen molar-refractivity contribution in [2.45, 2.75) is 64.9 Å². The van der Waals surface area contributed by atoms with E-state index in [1.807, 2.05) is 25.1 Å². The van der Waals surface area contributed by atoms with Gasteiger partial charge >= 0.3 is 6.09 Å². The topological polar surface area (TPSA) is 110 Å². The summed E-state index contributed by atoms with van der Waals surface area (Å²) in [5.74, 6) is -0.884. The molecule has 2 N–H and O–H groups in total. The van der Waals surface area contributed by atoms with E-state index in [9.17, 15) is 14.8 Å². The van der Waals surface area contributed by atoms with E-state index in [1.54, 1.807) is 39.7 Å². The maximum Gasteiger partial charge on any atom is 0.410 e. The van der Waals surface area contributed by atoms with E-state index in [0.717, 1.165) is 15.6 Å². The molecular formula is C24H36BrN3O6. The lowest BCUT2D eigenvalue weighted by Crippen LogP contribution is -2.51. The van der Waals surface area contributed by atoms with Crippen LogP contribution in [0, 0.1) is 12.8 Å². The zero-order valence-electron chi connectivity index (χ0n) is 20.9. The Kier molecular flexibility index (Phi) is 9.90. The molecule has 2 amide bonds. The quantitative estimate of drug-likeness (QED) is 0.295. The Morgan fingerprint density at radius 1 is 1.32 bits per heavy atom. The molecule has 1 fully saturated rings. The highest BCUT2D eigenvalue weighted by Crippen LogP contribution is 2.29. The van der Waals surface area contributed by atoms with Gasteiger partial charge in [0.1, 0.15) is 11.3 Å². The van der Waals surface area contributed by atoms with Gasteiger partial charge in [0.15, 0.2) is 0 Å². The van der Waals surface area contributed by atoms with Crippen LogP contribution in [0.2, 0.25) is 0 Å². The van der Waals surface area contributed by atoms with Crippen molar-refractivity contribution in [1.29, 1.82) is 0 Å². The van der Waals surface area contributed by atoms with E-state index in [1.165, 1.54) is 7.11 Å². The van der Waals surface area contributed by atoms with E-state index in [2.05, 4.69) is 26.4 Å². The van der Waals surface area contributed by atoms with Crippen LogP contribution in [0.1, 0.15) is 45.2 Å². The number of ether oxygens (including phenoxy) is 3. The molecule has 0 aliphatic carbocycles. The number of nitrogens with zero attached hydrogens (tertiary/aromatic N) is 2. The second-order valence-corrected chi connectivity index (χ2v) is 10.4. The maximum absolute atomic E-state index is 13.1. The predicted molar refractivity (Wildman–Crippen MR) is 132 cm³/mol. The van der Waals surface area contributed by atoms with Crippen LogP contribution in [0.15, 0.2) is 27.8 Å². The lowest BCUT2D eigenvalue weighted by atomic mass is 9.94. The molecule has 1 aliphatic rings. The van der Waals surface area contributed by atoms with Crippen LogP contribution >= 0.6 is 15.9 Å². The molecule has 190 valence electrons. The van der Waals surface area contributed by atoms with Crippen molar-refractivity contribution in [2.75, 3.05) is 27.3 Å². The van der Waals surface area contributed by atoms with E-state index in [-0.39, 0.29) is 18.6 Å². The second kappa shape index (κ2) is 12.0. The SMILES string of the molecule is COC1CC([C@H](OC)[C@@H](C)C(=O)NCC(=NO)c2cc(Br)ccc2C)N(C(=O)OC(C)(C)C)C1. The first-order valence-corrected chi connectivity index (χ1v) is 12.0. The number of carbonyl (C=O) groups is 2. The zero-order valence-corrected chi connectivity index (χ0v) is 22.5. The van der Waals surface area contributed by atoms with Gasteiger partial charge in [-0.1, -0.05) is 34.1 Å². The van der Waals surface area contributed by atoms with E-state index < -0.39 is 29.8 Å². The van der Waals surface area contributed by atoms with Crippen LogP contribution in [-0.4, -0.2) is 79.0 Å². The van der Waals surface area contributed by atoms with Crippen LogP contribution in [0.4, 0.5) is 4.79 Å². The van der Waals surface area contributed by atoms with Gasteiger partial charge in [0, 0.05) is 24.3 Å². The molecule has 0 aromatic heterocycles. The molecule has 0 radical (unpaired) electrons. The predicted octanol–water partition coefficient (Wildman–Crippen LogP) is 3.73. The van der Waals surface area contributed by atoms with Gasteiger partial charge in [-0.15, -0.1) is 0 Å². The van der Waals surface area contributed by atoms with E-state index in [0.29, 0.717) is 18.7 Å². The largest absolute Gasteiger partial charge is 0.444 e. The van der Waals surface area contributed by atoms with Crippen molar-refractivity contribution in [1.82, 2.24) is 10.2 Å². The molecule has 9 nitrogen and oxygen atoms in total. The second-order valence-electron chi connectivity index (χ2n) is 9.51. The van der Waals surface area contributed by atoms with Crippen LogP contribution in [0.3, 0.4) is 0 Å². The molecule has 1 aliphatic heterocycles. The Morgan fingerprint density at radius 2 is 2.00 bits per heavy atom. The number of likely N-dealkylation sites (tertiary alicyclic amines) is 1. The molecule has 1 aromatic rings. The van der Waals surface area contributed by atoms with Crippen LogP contribution < -0.4 is 5.32 Å². The molecule has 34 heavy (non-hydrogen) atoms. The van der Waals surface area contributed by atoms with Gasteiger partial charge in [-0.3, -0.25) is 9.69 Å². The Hall–Kier alpha value is -2.17. The van der Waals surface area contributed by atoms with Gasteiger partial charge in [0.2, 0.25) is 5.91 Å². The Balaban J connectivity index is 2.14. The molecule has 0 bridgehead atoms. The van der Waals surface area contributed by atoms with E-state index >= 15 is 0 Å². The highest BCUT2D eigenvalue weighted by atomic mass is 79.9. The van der Waals surface area contributed by atoms with Crippen molar-refractivity contribution < 1.29 is 29.0 Å². The fourth-order valence-electron chi connectivity index (χ4n) is 4.10. The van der Waals surface area contributed by atoms with Crippen molar-refractivity contribution in [3.05, 3.63) is 33.8 Å². The summed E-state index contributed by atoms with van der Waals surface area (Å²) in [6.45, 7) is 9.46. The van der Waals surface area contributed by atoms with Gasteiger partial charge < -0.3 is 24.7 Å². The number of rotatable bonds is 8. The number of hydrogen-bond acceptors (Lipinski definition) is 7. The Labute approximate surface area is 209 Å². The zero-order chi connectivity index (χ0) is 25.6. The van der Waals surface area contributed by atoms with Gasteiger partial charge in [-0.05, 0) is 51.8 Å². The van der Waals surface area contributed by atoms with Gasteiger partial charge in [0.25, 0.3) is 0 Å². The van der Waals surface area contributed by atoms with Gasteiger partial charge in [-0.2, -0.15) is 0 Å². The van der Waals surface area contributed by atoms with E-state index in [4.69, 9.17) is 14.2 Å². The molecular weight excluding hydrogens is 506 g/mol. The third-order valence-electron chi connectivity index (χ3n) is 5.89. The number of aryl methyl sites for hydroxylation is 1. The first-order valence-electron chi connectivity index (χ1n) is 11.2. The average Bonchev–Trinajstić information content (AvgIpc) is 3.20. The molecule has 1 saturated heterocycles. The number of benzene rings is 1. The number of hydrogen-bond donors (Lipinski definition) is 2. The smallest absolute Gasteiger partial charge is 0.410 e. The minimum absolute atomic E-state index is 0.0363. The average molecular weight is 542 g/mol. The summed E-state index contributed by atoms with van der Waals surface area (Å²) in [5, 5.41) is 15.8. The fourth-order valence-corrected chi connectivity index (χ4v) is 4.46. The molecule has 0 saturated carbocycles. The van der Waals surface area contributed by atoms with Crippen LogP contribution in [0.5, 0.6) is 0 Å². The molecule has 0 spiro atoms. The molecule has 2 rings (SSSR count). The molecule has 4 atom stereocenters. The minimum atomic E-state index is -0.650. The van der Waals surface area contributed by atoms with Crippen LogP contribution in [-0.2, 0) is 19.0 Å². The van der Waals surface area contributed by atoms with Crippen molar-refractivity contribution in [3.8, 4) is 0 Å². The summed E-state index contributed by atoms with van der Waals surface area (Å²) in [4.78, 5) is 27.5. The summed E-state index contributed by atoms with van der Waals surface area (Å²) >= 11 is 3.42. The summed E-state index contributed by atoms with van der Waals surface area (Å²) in [6.07, 6.45) is -0.716. The number of carbonyl (C=O) groups excluding carboxylic acids is 2. The van der Waals surface area contributed by atoms with Gasteiger partial charge in [0.05, 0.1) is 37.3 Å². The summed E-state index contributed by atoms with van der Waals surface area (Å²) < 4.78 is 17.6. The van der Waals surface area contributed by atoms with Gasteiger partial charge in [-0.25, -0.2) is 4.79 Å². The summed E-state index contributed by atoms with van der Waals surface area (Å²) in [5.41, 5.74) is 1.33. The summed E-state index contributed by atoms with van der Waals surface area (Å²) in [7, 11) is 3.12. The number of nitrogens with one attached hydrogen (secondary N) is 1. The molecule has 10 heteroatoms. The summed E-state index contributed by atoms with van der Waals surface area (Å²) in [6, 6.07) is 5.22. The standard InChI is InChI=1S/C24H36BrN3O6/c1-14-8-9-16(25)10-18(14)19(27-31)12-26-22(29)15(2)21(33-7)20-11-17(32-6)13-28(20)23(30)34-24(3,4)5/h8-10,15,17,20-21,31H,11-13H2,1-7H3,(H,26,29)/t15-,17?,20?,21-/m1/s1. The monoisotopic (exact) mass is 541 g/mol. The normalized spacial score (nSPS) is 20.7. The Morgan fingerprint density at radius 3 is 2.56 bits per heavy atom. The van der Waals surface area contributed by atoms with Crippen LogP contribution in [0.25, 0.3) is 0 Å². The molecule has 1 heterocycles. The lowest BCUT2D eigenvalue weighted by Gasteiger charge is -2.34. The number of methoxy groups -OCH3 is 2. The number of amides is 2. The van der Waals surface area contributed by atoms with Crippen molar-refractivity contribution in [3.63, 3.8) is 0 Å². The number of oxime groups is 1. The molecule has 2 unspecified atom stereocenters. The van der Waals surface area contributed by atoms with Crippen molar-refractivity contribution in [2.24, 2.45) is 11.1 Å². The first kappa shape index (κ1) is 28.1. The third kappa shape index (κ3) is 7.16.